The van der Waals surface area contributed by atoms with Gasteiger partial charge in [0.1, 0.15) is 11.0 Å². The lowest BCUT2D eigenvalue weighted by atomic mass is 9.87. The van der Waals surface area contributed by atoms with Crippen LogP contribution in [-0.4, -0.2) is 59.1 Å². The summed E-state index contributed by atoms with van der Waals surface area (Å²) < 4.78 is 5.47. The van der Waals surface area contributed by atoms with Gasteiger partial charge in [-0.1, -0.05) is 36.0 Å². The minimum atomic E-state index is -0.196. The molecule has 2 unspecified atom stereocenters. The zero-order chi connectivity index (χ0) is 25.6. The molecule has 0 aromatic carbocycles. The molecule has 4 N–H and O–H groups in total. The molecule has 3 heterocycles. The summed E-state index contributed by atoms with van der Waals surface area (Å²) >= 11 is 13.1. The molecule has 0 amide bonds. The first kappa shape index (κ1) is 26.9. The number of nitrogens with zero attached hydrogens (tertiary/aromatic N) is 2. The Morgan fingerprint density at radius 3 is 2.41 bits per heavy atom. The fourth-order valence-corrected chi connectivity index (χ4v) is 6.30. The van der Waals surface area contributed by atoms with Gasteiger partial charge in [0.15, 0.2) is 0 Å². The van der Waals surface area contributed by atoms with Crippen LogP contribution in [0.1, 0.15) is 64.2 Å². The lowest BCUT2D eigenvalue weighted by Crippen LogP contribution is -2.48. The molecule has 3 fully saturated rings. The van der Waals surface area contributed by atoms with E-state index in [4.69, 9.17) is 27.9 Å². The molecule has 0 bridgehead atoms. The van der Waals surface area contributed by atoms with Crippen molar-refractivity contribution >= 4 is 34.7 Å². The van der Waals surface area contributed by atoms with Gasteiger partial charge in [0.05, 0.1) is 23.0 Å². The summed E-state index contributed by atoms with van der Waals surface area (Å²) in [4.78, 5) is 8.97. The molecular weight excluding hydrogens is 509 g/mol. The molecule has 2 aromatic heterocycles. The highest BCUT2D eigenvalue weighted by Gasteiger charge is 2.28. The average Bonchev–Trinajstić information content (AvgIpc) is 2.92. The van der Waals surface area contributed by atoms with E-state index in [2.05, 4.69) is 25.9 Å². The van der Waals surface area contributed by atoms with Crippen LogP contribution in [0.4, 0.5) is 11.5 Å². The molecule has 1 saturated heterocycles. The number of pyridine rings is 2. The molecule has 37 heavy (non-hydrogen) atoms. The van der Waals surface area contributed by atoms with Crippen molar-refractivity contribution in [3.05, 3.63) is 34.7 Å². The number of hydrogen-bond donors (Lipinski definition) is 4. The number of hydrogen-bond acceptors (Lipinski definition) is 7. The topological polar surface area (TPSA) is 91.3 Å². The Balaban J connectivity index is 1.19. The highest BCUT2D eigenvalue weighted by molar-refractivity contribution is 6.36. The van der Waals surface area contributed by atoms with E-state index in [-0.39, 0.29) is 12.1 Å². The number of aliphatic hydroxyl groups excluding tert-OH is 1. The smallest absolute Gasteiger partial charge is 0.137 e. The van der Waals surface area contributed by atoms with Crippen LogP contribution in [0, 0.1) is 5.92 Å². The first-order chi connectivity index (χ1) is 18.0. The highest BCUT2D eigenvalue weighted by atomic mass is 35.5. The van der Waals surface area contributed by atoms with Gasteiger partial charge >= 0.3 is 0 Å². The normalized spacial score (nSPS) is 27.1. The Labute approximate surface area is 230 Å². The van der Waals surface area contributed by atoms with Crippen molar-refractivity contribution < 1.29 is 9.84 Å². The van der Waals surface area contributed by atoms with E-state index >= 15 is 0 Å². The maximum absolute atomic E-state index is 10.3. The summed E-state index contributed by atoms with van der Waals surface area (Å²) in [7, 11) is 0. The Morgan fingerprint density at radius 1 is 0.865 bits per heavy atom. The Kier molecular flexibility index (Phi) is 9.42. The number of halogens is 2. The van der Waals surface area contributed by atoms with Crippen molar-refractivity contribution in [2.24, 2.45) is 5.92 Å². The van der Waals surface area contributed by atoms with Crippen molar-refractivity contribution in [3.8, 4) is 11.1 Å². The van der Waals surface area contributed by atoms with Gasteiger partial charge in [-0.2, -0.15) is 0 Å². The largest absolute Gasteiger partial charge is 0.392 e. The summed E-state index contributed by atoms with van der Waals surface area (Å²) in [5.41, 5.74) is 2.56. The third kappa shape index (κ3) is 7.27. The van der Waals surface area contributed by atoms with Crippen LogP contribution in [0.5, 0.6) is 0 Å². The van der Waals surface area contributed by atoms with Gasteiger partial charge in [0.25, 0.3) is 0 Å². The zero-order valence-electron chi connectivity index (χ0n) is 21.4. The van der Waals surface area contributed by atoms with E-state index in [0.29, 0.717) is 28.2 Å². The van der Waals surface area contributed by atoms with E-state index in [9.17, 15) is 5.11 Å². The second-order valence-corrected chi connectivity index (χ2v) is 11.6. The van der Waals surface area contributed by atoms with Gasteiger partial charge in [-0.15, -0.1) is 0 Å². The third-order valence-corrected chi connectivity index (χ3v) is 8.78. The molecule has 202 valence electrons. The van der Waals surface area contributed by atoms with Crippen molar-refractivity contribution in [1.29, 1.82) is 0 Å². The molecule has 9 heteroatoms. The van der Waals surface area contributed by atoms with Crippen molar-refractivity contribution in [1.82, 2.24) is 15.3 Å². The monoisotopic (exact) mass is 547 g/mol. The zero-order valence-corrected chi connectivity index (χ0v) is 22.9. The van der Waals surface area contributed by atoms with Gasteiger partial charge < -0.3 is 25.8 Å². The van der Waals surface area contributed by atoms with Crippen LogP contribution in [-0.2, 0) is 4.74 Å². The number of rotatable bonds is 8. The van der Waals surface area contributed by atoms with E-state index in [0.717, 1.165) is 100 Å². The predicted octanol–water partition coefficient (Wildman–Crippen LogP) is 5.91. The van der Waals surface area contributed by atoms with E-state index in [1.54, 1.807) is 12.4 Å². The lowest BCUT2D eigenvalue weighted by Gasteiger charge is -2.36. The molecule has 0 radical (unpaired) electrons. The van der Waals surface area contributed by atoms with E-state index in [1.807, 2.05) is 12.1 Å². The standard InChI is InChI=1S/C28H39Cl2N5O2/c29-24-17-32-27(35-20-7-5-19(6-8-20)34-25-3-1-2-4-26(25)36)14-22(24)23-13-21(16-33-28(23)30)31-15-18-9-11-37-12-10-18/h13-14,16-20,25-26,31,34,36H,1-12,15H2,(H,32,35). The van der Waals surface area contributed by atoms with Crippen LogP contribution >= 0.6 is 23.2 Å². The van der Waals surface area contributed by atoms with Gasteiger partial charge in [0, 0.05) is 55.2 Å². The van der Waals surface area contributed by atoms with Crippen molar-refractivity contribution in [3.63, 3.8) is 0 Å². The maximum Gasteiger partial charge on any atom is 0.137 e. The molecule has 0 spiro atoms. The van der Waals surface area contributed by atoms with Gasteiger partial charge in [-0.25, -0.2) is 9.97 Å². The molecule has 1 aliphatic heterocycles. The van der Waals surface area contributed by atoms with Crippen LogP contribution in [0.25, 0.3) is 11.1 Å². The minimum absolute atomic E-state index is 0.196. The van der Waals surface area contributed by atoms with Crippen LogP contribution < -0.4 is 16.0 Å². The molecule has 2 aliphatic carbocycles. The second kappa shape index (κ2) is 12.9. The van der Waals surface area contributed by atoms with Gasteiger partial charge in [0.2, 0.25) is 0 Å². The number of nitrogens with one attached hydrogen (secondary N) is 3. The van der Waals surface area contributed by atoms with Crippen molar-refractivity contribution in [2.75, 3.05) is 30.4 Å². The summed E-state index contributed by atoms with van der Waals surface area (Å²) in [6.45, 7) is 2.56. The van der Waals surface area contributed by atoms with Crippen LogP contribution in [0.2, 0.25) is 10.2 Å². The van der Waals surface area contributed by atoms with Gasteiger partial charge in [-0.05, 0) is 69.4 Å². The summed E-state index contributed by atoms with van der Waals surface area (Å²) in [5.74, 6) is 1.40. The van der Waals surface area contributed by atoms with Crippen LogP contribution in [0.3, 0.4) is 0 Å². The molecule has 7 nitrogen and oxygen atoms in total. The quantitative estimate of drug-likeness (QED) is 0.305. The molecular formula is C28H39Cl2N5O2. The van der Waals surface area contributed by atoms with E-state index in [1.165, 1.54) is 6.42 Å². The van der Waals surface area contributed by atoms with Crippen molar-refractivity contribution in [2.45, 2.75) is 88.4 Å². The highest BCUT2D eigenvalue weighted by Crippen LogP contribution is 2.35. The Morgan fingerprint density at radius 2 is 1.62 bits per heavy atom. The number of anilines is 2. The fourth-order valence-electron chi connectivity index (χ4n) is 5.89. The summed E-state index contributed by atoms with van der Waals surface area (Å²) in [6, 6.07) is 5.10. The Hall–Kier alpha value is -1.64. The number of aliphatic hydroxyl groups is 1. The number of aromatic nitrogens is 2. The number of ether oxygens (including phenoxy) is 1. The first-order valence-electron chi connectivity index (χ1n) is 13.9. The predicted molar refractivity (Wildman–Crippen MR) is 151 cm³/mol. The van der Waals surface area contributed by atoms with Crippen LogP contribution in [0.15, 0.2) is 24.5 Å². The molecule has 3 aliphatic rings. The van der Waals surface area contributed by atoms with E-state index < -0.39 is 0 Å². The SMILES string of the molecule is OC1CCCCC1NC1CCC(Nc2cc(-c3cc(NCC4CCOCC4)cnc3Cl)c(Cl)cn2)CC1. The Bertz CT molecular complexity index is 1030. The molecule has 2 aromatic rings. The van der Waals surface area contributed by atoms with Gasteiger partial charge in [-0.3, -0.25) is 0 Å². The molecule has 2 saturated carbocycles. The summed E-state index contributed by atoms with van der Waals surface area (Å²) in [5, 5.41) is 22.1. The second-order valence-electron chi connectivity index (χ2n) is 10.9. The average molecular weight is 549 g/mol. The molecule has 2 atom stereocenters. The third-order valence-electron chi connectivity index (χ3n) is 8.18. The molecule has 5 rings (SSSR count). The summed E-state index contributed by atoms with van der Waals surface area (Å²) in [6.07, 6.45) is 14.1. The minimum Gasteiger partial charge on any atom is -0.392 e. The lowest BCUT2D eigenvalue weighted by molar-refractivity contribution is 0.0699. The fraction of sp³-hybridized carbons (Fsp3) is 0.643. The maximum atomic E-state index is 10.3. The first-order valence-corrected chi connectivity index (χ1v) is 14.6.